The van der Waals surface area contributed by atoms with Crippen molar-refractivity contribution in [2.45, 2.75) is 6.42 Å². The number of aromatic carboxylic acids is 1. The van der Waals surface area contributed by atoms with Gasteiger partial charge in [-0.1, -0.05) is 6.07 Å². The molecule has 0 saturated heterocycles. The van der Waals surface area contributed by atoms with E-state index in [0.29, 0.717) is 5.69 Å². The Morgan fingerprint density at radius 2 is 2.00 bits per heavy atom. The van der Waals surface area contributed by atoms with Gasteiger partial charge < -0.3 is 15.7 Å². The van der Waals surface area contributed by atoms with Gasteiger partial charge in [0.15, 0.2) is 0 Å². The molecular formula is C11H15N3O5S. The van der Waals surface area contributed by atoms with Crippen LogP contribution in [0, 0.1) is 0 Å². The van der Waals surface area contributed by atoms with Crippen LogP contribution in [0.2, 0.25) is 0 Å². The quantitative estimate of drug-likeness (QED) is 0.555. The largest absolute Gasteiger partial charge is 0.478 e. The molecule has 0 fully saturated rings. The van der Waals surface area contributed by atoms with Gasteiger partial charge in [0, 0.05) is 12.2 Å². The fourth-order valence-corrected chi connectivity index (χ4v) is 1.93. The highest BCUT2D eigenvalue weighted by Gasteiger charge is 2.06. The fourth-order valence-electron chi connectivity index (χ4n) is 1.38. The minimum atomic E-state index is -3.53. The molecular weight excluding hydrogens is 286 g/mol. The Balaban J connectivity index is 2.43. The number of primary sulfonamides is 1. The highest BCUT2D eigenvalue weighted by Crippen LogP contribution is 2.10. The van der Waals surface area contributed by atoms with Crippen molar-refractivity contribution in [3.8, 4) is 0 Å². The zero-order chi connectivity index (χ0) is 15.2. The van der Waals surface area contributed by atoms with E-state index in [1.54, 1.807) is 0 Å². The number of nitrogens with one attached hydrogen (secondary N) is 2. The number of carbonyl (C=O) groups excluding carboxylic acids is 1. The zero-order valence-electron chi connectivity index (χ0n) is 10.5. The Morgan fingerprint density at radius 3 is 2.60 bits per heavy atom. The summed E-state index contributed by atoms with van der Waals surface area (Å²) in [5, 5.41) is 18.5. The summed E-state index contributed by atoms with van der Waals surface area (Å²) in [6, 6.07) is 5.20. The second kappa shape index (κ2) is 6.87. The number of rotatable bonds is 6. The Bertz CT molecular complexity index is 600. The third kappa shape index (κ3) is 6.16. The van der Waals surface area contributed by atoms with E-state index in [4.69, 9.17) is 10.2 Å². The van der Waals surface area contributed by atoms with Crippen LogP contribution in [0.25, 0.3) is 0 Å². The lowest BCUT2D eigenvalue weighted by Gasteiger charge is -2.07. The molecule has 1 aromatic rings. The molecule has 20 heavy (non-hydrogen) atoms. The molecule has 0 aliphatic carbocycles. The van der Waals surface area contributed by atoms with Gasteiger partial charge in [0.25, 0.3) is 0 Å². The van der Waals surface area contributed by atoms with Crippen molar-refractivity contribution in [3.05, 3.63) is 29.8 Å². The lowest BCUT2D eigenvalue weighted by Crippen LogP contribution is -2.31. The van der Waals surface area contributed by atoms with Crippen LogP contribution in [0.5, 0.6) is 0 Å². The first-order valence-corrected chi connectivity index (χ1v) is 7.38. The van der Waals surface area contributed by atoms with Gasteiger partial charge in [-0.05, 0) is 24.6 Å². The SMILES string of the molecule is NS(=O)(=O)CCCNC(=O)Nc1cccc(C(=O)O)c1. The highest BCUT2D eigenvalue weighted by molar-refractivity contribution is 7.89. The molecule has 0 bridgehead atoms. The van der Waals surface area contributed by atoms with Crippen LogP contribution < -0.4 is 15.8 Å². The van der Waals surface area contributed by atoms with Crippen LogP contribution in [-0.2, 0) is 10.0 Å². The minimum absolute atomic E-state index is 0.0528. The summed E-state index contributed by atoms with van der Waals surface area (Å²) in [6.45, 7) is 0.140. The third-order valence-electron chi connectivity index (χ3n) is 2.26. The maximum Gasteiger partial charge on any atom is 0.335 e. The second-order valence-electron chi connectivity index (χ2n) is 3.99. The number of carbonyl (C=O) groups is 2. The summed E-state index contributed by atoms with van der Waals surface area (Å²) in [5.41, 5.74) is 0.380. The Labute approximate surface area is 116 Å². The molecule has 1 rings (SSSR count). The van der Waals surface area contributed by atoms with Crippen LogP contribution in [0.1, 0.15) is 16.8 Å². The molecule has 0 unspecified atom stereocenters. The topological polar surface area (TPSA) is 139 Å². The summed E-state index contributed by atoms with van der Waals surface area (Å²) < 4.78 is 21.3. The number of benzene rings is 1. The van der Waals surface area contributed by atoms with E-state index in [1.165, 1.54) is 24.3 Å². The van der Waals surface area contributed by atoms with Gasteiger partial charge in [0.2, 0.25) is 10.0 Å². The third-order valence-corrected chi connectivity index (χ3v) is 3.12. The van der Waals surface area contributed by atoms with Crippen molar-refractivity contribution in [3.63, 3.8) is 0 Å². The van der Waals surface area contributed by atoms with Gasteiger partial charge >= 0.3 is 12.0 Å². The van der Waals surface area contributed by atoms with E-state index >= 15 is 0 Å². The van der Waals surface area contributed by atoms with Gasteiger partial charge in [0.05, 0.1) is 11.3 Å². The first-order valence-electron chi connectivity index (χ1n) is 5.66. The summed E-state index contributed by atoms with van der Waals surface area (Å²) >= 11 is 0. The van der Waals surface area contributed by atoms with Crippen LogP contribution in [0.3, 0.4) is 0 Å². The predicted molar refractivity (Wildman–Crippen MR) is 73.0 cm³/mol. The van der Waals surface area contributed by atoms with Crippen molar-refractivity contribution in [1.29, 1.82) is 0 Å². The average molecular weight is 301 g/mol. The number of carboxylic acids is 1. The number of hydrogen-bond donors (Lipinski definition) is 4. The molecule has 5 N–H and O–H groups in total. The molecule has 0 saturated carbocycles. The molecule has 0 radical (unpaired) electrons. The number of hydrogen-bond acceptors (Lipinski definition) is 4. The summed E-state index contributed by atoms with van der Waals surface area (Å²) in [4.78, 5) is 22.2. The molecule has 2 amide bonds. The van der Waals surface area contributed by atoms with E-state index in [2.05, 4.69) is 10.6 Å². The lowest BCUT2D eigenvalue weighted by atomic mass is 10.2. The molecule has 110 valence electrons. The van der Waals surface area contributed by atoms with Crippen LogP contribution in [-0.4, -0.2) is 37.8 Å². The molecule has 0 heterocycles. The Hall–Kier alpha value is -2.13. The first kappa shape index (κ1) is 15.9. The molecule has 0 aromatic heterocycles. The number of nitrogens with two attached hydrogens (primary N) is 1. The fraction of sp³-hybridized carbons (Fsp3) is 0.273. The smallest absolute Gasteiger partial charge is 0.335 e. The van der Waals surface area contributed by atoms with E-state index in [0.717, 1.165) is 0 Å². The van der Waals surface area contributed by atoms with Gasteiger partial charge in [-0.2, -0.15) is 0 Å². The Kier molecular flexibility index (Phi) is 5.47. The van der Waals surface area contributed by atoms with Gasteiger partial charge in [-0.25, -0.2) is 23.1 Å². The van der Waals surface area contributed by atoms with Crippen molar-refractivity contribution < 1.29 is 23.1 Å². The second-order valence-corrected chi connectivity index (χ2v) is 5.72. The molecule has 9 heteroatoms. The summed E-state index contributed by atoms with van der Waals surface area (Å²) in [7, 11) is -3.53. The highest BCUT2D eigenvalue weighted by atomic mass is 32.2. The first-order chi connectivity index (χ1) is 9.28. The molecule has 0 aliphatic heterocycles. The summed E-state index contributed by atoms with van der Waals surface area (Å²) in [6.07, 6.45) is 0.196. The molecule has 1 aromatic carbocycles. The molecule has 0 atom stereocenters. The number of anilines is 1. The van der Waals surface area contributed by atoms with Crippen molar-refractivity contribution >= 4 is 27.7 Å². The van der Waals surface area contributed by atoms with Crippen molar-refractivity contribution in [1.82, 2.24) is 5.32 Å². The van der Waals surface area contributed by atoms with E-state index in [-0.39, 0.29) is 24.3 Å². The van der Waals surface area contributed by atoms with Crippen molar-refractivity contribution in [2.75, 3.05) is 17.6 Å². The predicted octanol–water partition coefficient (Wildman–Crippen LogP) is 0.185. The standard InChI is InChI=1S/C11H15N3O5S/c12-20(18,19)6-2-5-13-11(17)14-9-4-1-3-8(7-9)10(15)16/h1,3-4,7H,2,5-6H2,(H,15,16)(H2,12,18,19)(H2,13,14,17). The minimum Gasteiger partial charge on any atom is -0.478 e. The van der Waals surface area contributed by atoms with E-state index < -0.39 is 22.0 Å². The molecule has 0 spiro atoms. The van der Waals surface area contributed by atoms with E-state index in [9.17, 15) is 18.0 Å². The molecule has 8 nitrogen and oxygen atoms in total. The van der Waals surface area contributed by atoms with Crippen LogP contribution >= 0.6 is 0 Å². The zero-order valence-corrected chi connectivity index (χ0v) is 11.3. The Morgan fingerprint density at radius 1 is 1.30 bits per heavy atom. The monoisotopic (exact) mass is 301 g/mol. The van der Waals surface area contributed by atoms with Gasteiger partial charge in [-0.15, -0.1) is 0 Å². The van der Waals surface area contributed by atoms with Gasteiger partial charge in [-0.3, -0.25) is 0 Å². The number of urea groups is 1. The van der Waals surface area contributed by atoms with Crippen molar-refractivity contribution in [2.24, 2.45) is 5.14 Å². The van der Waals surface area contributed by atoms with Crippen LogP contribution in [0.15, 0.2) is 24.3 Å². The number of amides is 2. The number of sulfonamides is 1. The summed E-state index contributed by atoms with van der Waals surface area (Å²) in [5.74, 6) is -1.32. The molecule has 0 aliphatic rings. The normalized spacial score (nSPS) is 10.8. The van der Waals surface area contributed by atoms with Gasteiger partial charge in [0.1, 0.15) is 0 Å². The average Bonchev–Trinajstić information content (AvgIpc) is 2.34. The number of carboxylic acid groups (broad SMARTS) is 1. The van der Waals surface area contributed by atoms with Crippen LogP contribution in [0.4, 0.5) is 10.5 Å². The maximum absolute atomic E-state index is 11.5. The lowest BCUT2D eigenvalue weighted by molar-refractivity contribution is 0.0697. The maximum atomic E-state index is 11.5. The van der Waals surface area contributed by atoms with E-state index in [1.807, 2.05) is 0 Å².